The largest absolute Gasteiger partial charge is 0.302 e. The molecule has 2 aliphatic heterocycles. The zero-order valence-corrected chi connectivity index (χ0v) is 14.7. The number of carbonyl (C=O) groups is 1. The number of ketones is 1. The molecular formula is C22H27NO. The normalized spacial score (nSPS) is 30.4. The van der Waals surface area contributed by atoms with Crippen molar-refractivity contribution < 1.29 is 4.79 Å². The molecule has 0 amide bonds. The number of hydrogen-bond donors (Lipinski definition) is 0. The van der Waals surface area contributed by atoms with Gasteiger partial charge in [0.2, 0.25) is 0 Å². The quantitative estimate of drug-likeness (QED) is 0.821. The van der Waals surface area contributed by atoms with Crippen LogP contribution in [0.4, 0.5) is 0 Å². The van der Waals surface area contributed by atoms with E-state index in [1.54, 1.807) is 0 Å². The van der Waals surface area contributed by atoms with Crippen LogP contribution in [-0.4, -0.2) is 30.3 Å². The minimum absolute atomic E-state index is 0.161. The summed E-state index contributed by atoms with van der Waals surface area (Å²) in [5, 5.41) is 2.58. The van der Waals surface area contributed by atoms with Gasteiger partial charge in [0.05, 0.1) is 0 Å². The first-order chi connectivity index (χ1) is 11.7. The number of hydrogen-bond acceptors (Lipinski definition) is 2. The maximum atomic E-state index is 12.9. The van der Waals surface area contributed by atoms with Crippen LogP contribution >= 0.6 is 0 Å². The molecule has 3 fully saturated rings. The SMILES string of the molecule is CCC(=O)[C@@H]1C2CCC(C[C@H]1c1ccc3ccccc3c1)CN2C. The van der Waals surface area contributed by atoms with Gasteiger partial charge in [-0.15, -0.1) is 0 Å². The number of rotatable bonds is 3. The summed E-state index contributed by atoms with van der Waals surface area (Å²) >= 11 is 0. The third-order valence-electron chi connectivity index (χ3n) is 6.34. The molecule has 2 aromatic carbocycles. The van der Waals surface area contributed by atoms with Crippen LogP contribution in [0, 0.1) is 11.8 Å². The van der Waals surface area contributed by atoms with Crippen molar-refractivity contribution >= 4 is 16.6 Å². The molecule has 24 heavy (non-hydrogen) atoms. The summed E-state index contributed by atoms with van der Waals surface area (Å²) in [6, 6.07) is 15.8. The minimum atomic E-state index is 0.161. The number of Topliss-reactive ketones (excluding diaryl/α,β-unsaturated/α-hetero) is 1. The van der Waals surface area contributed by atoms with Crippen molar-refractivity contribution in [2.45, 2.75) is 44.6 Å². The highest BCUT2D eigenvalue weighted by Gasteiger charge is 2.44. The zero-order valence-electron chi connectivity index (χ0n) is 14.7. The van der Waals surface area contributed by atoms with E-state index in [-0.39, 0.29) is 5.92 Å². The smallest absolute Gasteiger partial charge is 0.137 e. The number of fused-ring (bicyclic) bond motifs is 5. The Hall–Kier alpha value is -1.67. The molecule has 2 heteroatoms. The van der Waals surface area contributed by atoms with E-state index in [0.717, 1.165) is 18.9 Å². The third-order valence-corrected chi connectivity index (χ3v) is 6.34. The fourth-order valence-corrected chi connectivity index (χ4v) is 5.14. The topological polar surface area (TPSA) is 20.3 Å². The number of benzene rings is 2. The Labute approximate surface area is 144 Å². The van der Waals surface area contributed by atoms with E-state index < -0.39 is 0 Å². The summed E-state index contributed by atoms with van der Waals surface area (Å²) in [6.45, 7) is 3.18. The second-order valence-corrected chi connectivity index (χ2v) is 7.74. The van der Waals surface area contributed by atoms with Crippen molar-refractivity contribution in [1.29, 1.82) is 0 Å². The molecule has 0 N–H and O–H groups in total. The van der Waals surface area contributed by atoms with E-state index in [4.69, 9.17) is 0 Å². The molecule has 2 bridgehead atoms. The summed E-state index contributed by atoms with van der Waals surface area (Å²) in [7, 11) is 2.22. The van der Waals surface area contributed by atoms with Crippen molar-refractivity contribution in [2.24, 2.45) is 11.8 Å². The lowest BCUT2D eigenvalue weighted by atomic mass is 9.76. The van der Waals surface area contributed by atoms with Gasteiger partial charge in [-0.2, -0.15) is 0 Å². The Kier molecular flexibility index (Phi) is 4.17. The van der Waals surface area contributed by atoms with Crippen LogP contribution in [0.2, 0.25) is 0 Å². The first-order valence-corrected chi connectivity index (χ1v) is 9.39. The Balaban J connectivity index is 1.78. The van der Waals surface area contributed by atoms with Gasteiger partial charge in [-0.3, -0.25) is 4.79 Å². The molecule has 2 heterocycles. The van der Waals surface area contributed by atoms with Crippen LogP contribution in [0.3, 0.4) is 0 Å². The molecule has 3 aliphatic rings. The van der Waals surface area contributed by atoms with Crippen molar-refractivity contribution in [1.82, 2.24) is 4.90 Å². The van der Waals surface area contributed by atoms with Crippen molar-refractivity contribution in [3.05, 3.63) is 48.0 Å². The molecule has 2 saturated heterocycles. The number of nitrogens with zero attached hydrogens (tertiary/aromatic N) is 1. The third kappa shape index (κ3) is 2.67. The first kappa shape index (κ1) is 15.8. The minimum Gasteiger partial charge on any atom is -0.302 e. The fourth-order valence-electron chi connectivity index (χ4n) is 5.14. The van der Waals surface area contributed by atoms with Gasteiger partial charge in [0, 0.05) is 24.9 Å². The Morgan fingerprint density at radius 2 is 1.92 bits per heavy atom. The van der Waals surface area contributed by atoms with Crippen LogP contribution < -0.4 is 0 Å². The van der Waals surface area contributed by atoms with E-state index in [1.807, 2.05) is 6.92 Å². The molecule has 2 aromatic rings. The maximum Gasteiger partial charge on any atom is 0.137 e. The van der Waals surface area contributed by atoms with E-state index >= 15 is 0 Å². The lowest BCUT2D eigenvalue weighted by Gasteiger charge is -2.37. The number of piperidine rings is 1. The van der Waals surface area contributed by atoms with E-state index in [2.05, 4.69) is 54.4 Å². The van der Waals surface area contributed by atoms with Gasteiger partial charge >= 0.3 is 0 Å². The molecule has 2 nitrogen and oxygen atoms in total. The van der Waals surface area contributed by atoms with E-state index in [9.17, 15) is 4.79 Å². The van der Waals surface area contributed by atoms with Gasteiger partial charge in [0.1, 0.15) is 5.78 Å². The summed E-state index contributed by atoms with van der Waals surface area (Å²) in [6.07, 6.45) is 4.29. The molecule has 1 aliphatic carbocycles. The highest BCUT2D eigenvalue weighted by Crippen LogP contribution is 2.45. The van der Waals surface area contributed by atoms with E-state index in [1.165, 1.54) is 29.2 Å². The average molecular weight is 321 g/mol. The van der Waals surface area contributed by atoms with E-state index in [0.29, 0.717) is 24.2 Å². The standard InChI is InChI=1S/C22H27NO/c1-3-21(24)22-19(12-15-8-11-20(22)23(2)14-15)18-10-9-16-6-4-5-7-17(16)13-18/h4-7,9-10,13,15,19-20,22H,3,8,11-12,14H2,1-2H3/t15?,19-,20?,22-/m0/s1. The van der Waals surface area contributed by atoms with Crippen LogP contribution in [-0.2, 0) is 4.79 Å². The molecule has 126 valence electrons. The van der Waals surface area contributed by atoms with Crippen LogP contribution in [0.15, 0.2) is 42.5 Å². The van der Waals surface area contributed by atoms with Crippen LogP contribution in [0.5, 0.6) is 0 Å². The highest BCUT2D eigenvalue weighted by atomic mass is 16.1. The van der Waals surface area contributed by atoms with Gasteiger partial charge < -0.3 is 4.90 Å². The Morgan fingerprint density at radius 1 is 1.12 bits per heavy atom. The fraction of sp³-hybridized carbons (Fsp3) is 0.500. The lowest BCUT2D eigenvalue weighted by molar-refractivity contribution is -0.125. The second-order valence-electron chi connectivity index (χ2n) is 7.74. The molecule has 0 radical (unpaired) electrons. The maximum absolute atomic E-state index is 12.9. The Bertz CT molecular complexity index is 752. The summed E-state index contributed by atoms with van der Waals surface area (Å²) in [4.78, 5) is 15.3. The van der Waals surface area contributed by atoms with Gasteiger partial charge in [-0.05, 0) is 54.5 Å². The molecule has 4 atom stereocenters. The molecular weight excluding hydrogens is 294 g/mol. The summed E-state index contributed by atoms with van der Waals surface area (Å²) in [5.74, 6) is 1.73. The van der Waals surface area contributed by atoms with Crippen molar-refractivity contribution in [3.63, 3.8) is 0 Å². The predicted octanol–water partition coefficient (Wildman–Crippen LogP) is 4.63. The van der Waals surface area contributed by atoms with Crippen LogP contribution in [0.25, 0.3) is 10.8 Å². The van der Waals surface area contributed by atoms with Gasteiger partial charge in [0.15, 0.2) is 0 Å². The highest BCUT2D eigenvalue weighted by molar-refractivity contribution is 5.85. The molecule has 2 unspecified atom stereocenters. The molecule has 0 aromatic heterocycles. The Morgan fingerprint density at radius 3 is 2.67 bits per heavy atom. The van der Waals surface area contributed by atoms with Crippen molar-refractivity contribution in [2.75, 3.05) is 13.6 Å². The van der Waals surface area contributed by atoms with Crippen molar-refractivity contribution in [3.8, 4) is 0 Å². The first-order valence-electron chi connectivity index (χ1n) is 9.39. The predicted molar refractivity (Wildman–Crippen MR) is 99.2 cm³/mol. The summed E-state index contributed by atoms with van der Waals surface area (Å²) < 4.78 is 0. The molecule has 5 rings (SSSR count). The van der Waals surface area contributed by atoms with Gasteiger partial charge in [0.25, 0.3) is 0 Å². The summed E-state index contributed by atoms with van der Waals surface area (Å²) in [5.41, 5.74) is 1.37. The second kappa shape index (κ2) is 6.33. The van der Waals surface area contributed by atoms with Crippen LogP contribution in [0.1, 0.15) is 44.1 Å². The van der Waals surface area contributed by atoms with Gasteiger partial charge in [-0.1, -0.05) is 49.4 Å². The zero-order chi connectivity index (χ0) is 16.7. The lowest BCUT2D eigenvalue weighted by Crippen LogP contribution is -2.45. The average Bonchev–Trinajstić information content (AvgIpc) is 2.88. The monoisotopic (exact) mass is 321 g/mol. The molecule has 1 saturated carbocycles. The number of carbonyl (C=O) groups excluding carboxylic acids is 1. The van der Waals surface area contributed by atoms with Gasteiger partial charge in [-0.25, -0.2) is 0 Å². The molecule has 0 spiro atoms.